The minimum Gasteiger partial charge on any atom is -0.497 e. The zero-order valence-electron chi connectivity index (χ0n) is 18.3. The Bertz CT molecular complexity index is 1160. The maximum atomic E-state index is 13.0. The first-order valence-electron chi connectivity index (χ1n) is 9.89. The van der Waals surface area contributed by atoms with Crippen molar-refractivity contribution >= 4 is 35.2 Å². The van der Waals surface area contributed by atoms with Gasteiger partial charge in [0.2, 0.25) is 0 Å². The van der Waals surface area contributed by atoms with Crippen LogP contribution in [0.4, 0.5) is 5.69 Å². The first kappa shape index (κ1) is 23.7. The number of halogens is 1. The second-order valence-electron chi connectivity index (χ2n) is 6.82. The molecule has 2 amide bonds. The number of benzene rings is 3. The quantitative estimate of drug-likeness (QED) is 0.467. The highest BCUT2D eigenvalue weighted by Gasteiger charge is 2.17. The largest absolute Gasteiger partial charge is 0.497 e. The molecule has 3 rings (SSSR count). The number of rotatable bonds is 8. The van der Waals surface area contributed by atoms with Crippen molar-refractivity contribution < 1.29 is 23.8 Å². The summed E-state index contributed by atoms with van der Waals surface area (Å²) in [6, 6.07) is 18.5. The van der Waals surface area contributed by atoms with Gasteiger partial charge >= 0.3 is 0 Å². The highest BCUT2D eigenvalue weighted by Crippen LogP contribution is 2.27. The second-order valence-corrected chi connectivity index (χ2v) is 7.25. The summed E-state index contributed by atoms with van der Waals surface area (Å²) in [5.41, 5.74) is 1.58. The molecule has 0 aromatic heterocycles. The molecule has 0 saturated carbocycles. The zero-order valence-corrected chi connectivity index (χ0v) is 19.1. The van der Waals surface area contributed by atoms with Crippen LogP contribution in [0.5, 0.6) is 17.2 Å². The summed E-state index contributed by atoms with van der Waals surface area (Å²) >= 11 is 5.92. The van der Waals surface area contributed by atoms with Gasteiger partial charge in [-0.2, -0.15) is 0 Å². The zero-order chi connectivity index (χ0) is 23.8. The van der Waals surface area contributed by atoms with E-state index < -0.39 is 11.8 Å². The lowest BCUT2D eigenvalue weighted by Crippen LogP contribution is -2.30. The first-order valence-corrected chi connectivity index (χ1v) is 10.3. The predicted molar refractivity (Wildman–Crippen MR) is 128 cm³/mol. The topological polar surface area (TPSA) is 85.9 Å². The number of methoxy groups -OCH3 is 3. The average Bonchev–Trinajstić information content (AvgIpc) is 2.84. The van der Waals surface area contributed by atoms with E-state index in [-0.39, 0.29) is 5.70 Å². The highest BCUT2D eigenvalue weighted by molar-refractivity contribution is 6.30. The summed E-state index contributed by atoms with van der Waals surface area (Å²) < 4.78 is 15.6. The number of anilines is 1. The van der Waals surface area contributed by atoms with Crippen LogP contribution in [0.25, 0.3) is 6.08 Å². The van der Waals surface area contributed by atoms with E-state index in [0.717, 1.165) is 0 Å². The molecule has 0 bridgehead atoms. The number of carbonyl (C=O) groups excluding carboxylic acids is 2. The summed E-state index contributed by atoms with van der Waals surface area (Å²) in [6.07, 6.45) is 1.57. The van der Waals surface area contributed by atoms with Crippen molar-refractivity contribution in [1.29, 1.82) is 0 Å². The molecule has 7 nitrogen and oxygen atoms in total. The molecular weight excluding hydrogens is 444 g/mol. The van der Waals surface area contributed by atoms with Crippen molar-refractivity contribution in [2.45, 2.75) is 0 Å². The third-order valence-corrected chi connectivity index (χ3v) is 4.92. The molecule has 2 N–H and O–H groups in total. The Labute approximate surface area is 196 Å². The number of hydrogen-bond donors (Lipinski definition) is 2. The van der Waals surface area contributed by atoms with Crippen LogP contribution in [0.15, 0.2) is 72.4 Å². The summed E-state index contributed by atoms with van der Waals surface area (Å²) in [6.45, 7) is 0. The van der Waals surface area contributed by atoms with Gasteiger partial charge in [-0.3, -0.25) is 9.59 Å². The lowest BCUT2D eigenvalue weighted by atomic mass is 10.1. The maximum Gasteiger partial charge on any atom is 0.272 e. The molecule has 3 aromatic rings. The molecule has 0 aliphatic heterocycles. The molecule has 170 valence electrons. The van der Waals surface area contributed by atoms with Gasteiger partial charge in [-0.1, -0.05) is 23.7 Å². The highest BCUT2D eigenvalue weighted by atomic mass is 35.5. The summed E-state index contributed by atoms with van der Waals surface area (Å²) in [4.78, 5) is 26.0. The molecule has 33 heavy (non-hydrogen) atoms. The minimum atomic E-state index is -0.498. The Hall–Kier alpha value is -3.97. The Morgan fingerprint density at radius 1 is 0.818 bits per heavy atom. The number of amides is 2. The fourth-order valence-corrected chi connectivity index (χ4v) is 3.05. The molecule has 3 aromatic carbocycles. The summed E-state index contributed by atoms with van der Waals surface area (Å²) in [5.74, 6) is 0.581. The maximum absolute atomic E-state index is 13.0. The molecule has 0 aliphatic rings. The average molecular weight is 467 g/mol. The second kappa shape index (κ2) is 11.1. The summed E-state index contributed by atoms with van der Waals surface area (Å²) in [5, 5.41) is 5.99. The number of ether oxygens (including phenoxy) is 3. The van der Waals surface area contributed by atoms with Crippen LogP contribution in [0.3, 0.4) is 0 Å². The Morgan fingerprint density at radius 2 is 1.48 bits per heavy atom. The fourth-order valence-electron chi connectivity index (χ4n) is 2.93. The van der Waals surface area contributed by atoms with Gasteiger partial charge in [-0.25, -0.2) is 0 Å². The third-order valence-electron chi connectivity index (χ3n) is 4.67. The van der Waals surface area contributed by atoms with Crippen LogP contribution >= 0.6 is 11.6 Å². The van der Waals surface area contributed by atoms with E-state index in [1.165, 1.54) is 20.3 Å². The standard InChI is InChI=1S/C25H23ClN2O5/c1-31-20-11-4-16(5-12-20)14-21(25(30)27-19-9-7-18(26)8-10-19)28-24(29)17-6-13-22(32-2)23(15-17)33-3/h4-15H,1-3H3,(H,27,30)(H,28,29). The molecule has 0 heterocycles. The van der Waals surface area contributed by atoms with Gasteiger partial charge in [0, 0.05) is 16.3 Å². The van der Waals surface area contributed by atoms with E-state index in [4.69, 9.17) is 25.8 Å². The van der Waals surface area contributed by atoms with E-state index in [2.05, 4.69) is 10.6 Å². The van der Waals surface area contributed by atoms with E-state index >= 15 is 0 Å². The number of hydrogen-bond acceptors (Lipinski definition) is 5. The van der Waals surface area contributed by atoms with Crippen molar-refractivity contribution in [3.8, 4) is 17.2 Å². The SMILES string of the molecule is COc1ccc(C=C(NC(=O)c2ccc(OC)c(OC)c2)C(=O)Nc2ccc(Cl)cc2)cc1. The van der Waals surface area contributed by atoms with Gasteiger partial charge in [0.1, 0.15) is 11.4 Å². The van der Waals surface area contributed by atoms with E-state index in [0.29, 0.717) is 39.1 Å². The van der Waals surface area contributed by atoms with Crippen LogP contribution in [0, 0.1) is 0 Å². The molecule has 0 unspecified atom stereocenters. The minimum absolute atomic E-state index is 0.0508. The summed E-state index contributed by atoms with van der Waals surface area (Å²) in [7, 11) is 4.56. The molecule has 0 spiro atoms. The Kier molecular flexibility index (Phi) is 7.94. The van der Waals surface area contributed by atoms with Gasteiger partial charge < -0.3 is 24.8 Å². The van der Waals surface area contributed by atoms with Crippen molar-refractivity contribution in [3.63, 3.8) is 0 Å². The first-order chi connectivity index (χ1) is 15.9. The van der Waals surface area contributed by atoms with Crippen molar-refractivity contribution in [2.75, 3.05) is 26.6 Å². The molecule has 0 radical (unpaired) electrons. The Balaban J connectivity index is 1.90. The molecule has 8 heteroatoms. The van der Waals surface area contributed by atoms with Crippen molar-refractivity contribution in [1.82, 2.24) is 5.32 Å². The van der Waals surface area contributed by atoms with E-state index in [9.17, 15) is 9.59 Å². The van der Waals surface area contributed by atoms with Gasteiger partial charge in [0.25, 0.3) is 11.8 Å². The van der Waals surface area contributed by atoms with E-state index in [1.54, 1.807) is 73.8 Å². The van der Waals surface area contributed by atoms with Gasteiger partial charge in [-0.05, 0) is 66.2 Å². The third kappa shape index (κ3) is 6.27. The van der Waals surface area contributed by atoms with Gasteiger partial charge in [-0.15, -0.1) is 0 Å². The lowest BCUT2D eigenvalue weighted by Gasteiger charge is -2.13. The number of carbonyl (C=O) groups is 2. The smallest absolute Gasteiger partial charge is 0.272 e. The van der Waals surface area contributed by atoms with Crippen LogP contribution in [-0.4, -0.2) is 33.1 Å². The molecule has 0 atom stereocenters. The van der Waals surface area contributed by atoms with Crippen LogP contribution in [0.2, 0.25) is 5.02 Å². The number of nitrogens with one attached hydrogen (secondary N) is 2. The Morgan fingerprint density at radius 3 is 2.09 bits per heavy atom. The van der Waals surface area contributed by atoms with Crippen LogP contribution in [0.1, 0.15) is 15.9 Å². The predicted octanol–water partition coefficient (Wildman–Crippen LogP) is 4.78. The molecular formula is C25H23ClN2O5. The fraction of sp³-hybridized carbons (Fsp3) is 0.120. The van der Waals surface area contributed by atoms with Crippen molar-refractivity contribution in [2.24, 2.45) is 0 Å². The van der Waals surface area contributed by atoms with E-state index in [1.807, 2.05) is 0 Å². The van der Waals surface area contributed by atoms with Crippen LogP contribution < -0.4 is 24.8 Å². The molecule has 0 saturated heterocycles. The monoisotopic (exact) mass is 466 g/mol. The molecule has 0 aliphatic carbocycles. The van der Waals surface area contributed by atoms with Gasteiger partial charge in [0.05, 0.1) is 21.3 Å². The lowest BCUT2D eigenvalue weighted by molar-refractivity contribution is -0.113. The molecule has 0 fully saturated rings. The normalized spacial score (nSPS) is 10.8. The van der Waals surface area contributed by atoms with Crippen LogP contribution in [-0.2, 0) is 4.79 Å². The van der Waals surface area contributed by atoms with Gasteiger partial charge in [0.15, 0.2) is 11.5 Å². The van der Waals surface area contributed by atoms with Crippen molar-refractivity contribution in [3.05, 3.63) is 88.6 Å².